The molecule has 0 radical (unpaired) electrons. The zero-order valence-corrected chi connectivity index (χ0v) is 10.9. The summed E-state index contributed by atoms with van der Waals surface area (Å²) in [6.45, 7) is 8.66. The third-order valence-corrected chi connectivity index (χ3v) is 3.69. The van der Waals surface area contributed by atoms with Crippen molar-refractivity contribution in [3.63, 3.8) is 0 Å². The van der Waals surface area contributed by atoms with Gasteiger partial charge < -0.3 is 16.2 Å². The number of hydrogen-bond acceptors (Lipinski definition) is 3. The summed E-state index contributed by atoms with van der Waals surface area (Å²) < 4.78 is 6.09. The molecule has 1 saturated heterocycles. The largest absolute Gasteiger partial charge is 0.365 e. The van der Waals surface area contributed by atoms with Gasteiger partial charge in [0, 0.05) is 11.6 Å². The number of rotatable bonds is 4. The molecular weight excluding hydrogens is 212 g/mol. The molecule has 1 aliphatic heterocycles. The van der Waals surface area contributed by atoms with Crippen LogP contribution in [-0.2, 0) is 4.74 Å². The molecule has 96 valence electrons. The molecule has 0 amide bonds. The number of terminal acetylenes is 1. The van der Waals surface area contributed by atoms with E-state index >= 15 is 0 Å². The molecule has 4 atom stereocenters. The highest BCUT2D eigenvalue weighted by Crippen LogP contribution is 2.35. The summed E-state index contributed by atoms with van der Waals surface area (Å²) in [6, 6.07) is 0.0719. The maximum Gasteiger partial charge on any atom is 0.0979 e. The van der Waals surface area contributed by atoms with Crippen LogP contribution < -0.4 is 11.5 Å². The van der Waals surface area contributed by atoms with Crippen LogP contribution in [0.1, 0.15) is 33.1 Å². The molecule has 1 aliphatic rings. The summed E-state index contributed by atoms with van der Waals surface area (Å²) >= 11 is 0. The average Bonchev–Trinajstić information content (AvgIpc) is 2.32. The highest BCUT2D eigenvalue weighted by atomic mass is 16.5. The fourth-order valence-electron chi connectivity index (χ4n) is 2.20. The number of ether oxygens (including phenoxy) is 1. The summed E-state index contributed by atoms with van der Waals surface area (Å²) in [6.07, 6.45) is 8.07. The van der Waals surface area contributed by atoms with E-state index in [0.29, 0.717) is 18.0 Å². The van der Waals surface area contributed by atoms with Gasteiger partial charge in [-0.15, -0.1) is 6.42 Å². The van der Waals surface area contributed by atoms with E-state index < -0.39 is 5.60 Å². The lowest BCUT2D eigenvalue weighted by molar-refractivity contribution is -0.109. The summed E-state index contributed by atoms with van der Waals surface area (Å²) in [5, 5.41) is 0. The van der Waals surface area contributed by atoms with Crippen molar-refractivity contribution in [3.05, 3.63) is 12.2 Å². The predicted molar refractivity (Wildman–Crippen MR) is 71.3 cm³/mol. The van der Waals surface area contributed by atoms with Gasteiger partial charge in [-0.1, -0.05) is 19.4 Å². The molecule has 0 bridgehead atoms. The lowest BCUT2D eigenvalue weighted by atomic mass is 9.83. The van der Waals surface area contributed by atoms with E-state index in [-0.39, 0.29) is 12.1 Å². The Bertz CT molecular complexity index is 321. The van der Waals surface area contributed by atoms with E-state index in [1.54, 1.807) is 0 Å². The standard InChI is InChI=1S/C14H24N2O/c1-5-11(3)14(4)7-6-12(16)13(17-14)8-10(2)9-15/h1,10,12-13H,3,6-9,15-16H2,2,4H3/t10?,12?,13-,14+/m0/s1. The Morgan fingerprint density at radius 1 is 1.71 bits per heavy atom. The number of hydrogen-bond donors (Lipinski definition) is 2. The molecule has 3 heteroatoms. The van der Waals surface area contributed by atoms with Crippen LogP contribution in [-0.4, -0.2) is 24.3 Å². The highest BCUT2D eigenvalue weighted by molar-refractivity contribution is 5.31. The van der Waals surface area contributed by atoms with E-state index in [1.807, 2.05) is 6.92 Å². The Hall–Kier alpha value is -0.820. The van der Waals surface area contributed by atoms with Gasteiger partial charge in [0.05, 0.1) is 11.7 Å². The molecule has 0 saturated carbocycles. The molecule has 4 N–H and O–H groups in total. The monoisotopic (exact) mass is 236 g/mol. The van der Waals surface area contributed by atoms with Gasteiger partial charge in [0.2, 0.25) is 0 Å². The maximum absolute atomic E-state index is 6.10. The molecule has 2 unspecified atom stereocenters. The van der Waals surface area contributed by atoms with Crippen LogP contribution in [0, 0.1) is 18.3 Å². The molecule has 0 spiro atoms. The van der Waals surface area contributed by atoms with E-state index in [9.17, 15) is 0 Å². The van der Waals surface area contributed by atoms with Gasteiger partial charge in [0.25, 0.3) is 0 Å². The van der Waals surface area contributed by atoms with Crippen molar-refractivity contribution in [2.75, 3.05) is 6.54 Å². The normalized spacial score (nSPS) is 35.0. The quantitative estimate of drug-likeness (QED) is 0.726. The van der Waals surface area contributed by atoms with Gasteiger partial charge in [0.15, 0.2) is 0 Å². The van der Waals surface area contributed by atoms with Crippen LogP contribution in [0.2, 0.25) is 0 Å². The minimum absolute atomic E-state index is 0.0254. The second kappa shape index (κ2) is 5.68. The van der Waals surface area contributed by atoms with Crippen LogP contribution in [0.3, 0.4) is 0 Å². The van der Waals surface area contributed by atoms with Gasteiger partial charge in [-0.25, -0.2) is 0 Å². The fraction of sp³-hybridized carbons (Fsp3) is 0.714. The SMILES string of the molecule is C#CC(=C)[C@@]1(C)CCC(N)[C@H](CC(C)CN)O1. The van der Waals surface area contributed by atoms with E-state index in [1.165, 1.54) is 0 Å². The molecule has 0 aromatic rings. The Morgan fingerprint density at radius 3 is 2.88 bits per heavy atom. The summed E-state index contributed by atoms with van der Waals surface area (Å²) in [5.41, 5.74) is 12.0. The molecular formula is C14H24N2O. The summed E-state index contributed by atoms with van der Waals surface area (Å²) in [7, 11) is 0. The second-order valence-electron chi connectivity index (χ2n) is 5.29. The fourth-order valence-corrected chi connectivity index (χ4v) is 2.20. The van der Waals surface area contributed by atoms with Gasteiger partial charge in [-0.3, -0.25) is 0 Å². The van der Waals surface area contributed by atoms with Crippen LogP contribution in [0.25, 0.3) is 0 Å². The van der Waals surface area contributed by atoms with Crippen molar-refractivity contribution >= 4 is 0 Å². The second-order valence-corrected chi connectivity index (χ2v) is 5.29. The predicted octanol–water partition coefficient (Wildman–Crippen LogP) is 1.43. The minimum atomic E-state index is -0.427. The Balaban J connectivity index is 2.72. The van der Waals surface area contributed by atoms with E-state index in [4.69, 9.17) is 22.6 Å². The zero-order valence-electron chi connectivity index (χ0n) is 10.9. The van der Waals surface area contributed by atoms with Gasteiger partial charge in [-0.05, 0) is 38.6 Å². The van der Waals surface area contributed by atoms with Crippen molar-refractivity contribution in [2.45, 2.75) is 50.9 Å². The molecule has 1 heterocycles. The van der Waals surface area contributed by atoms with Crippen LogP contribution in [0.4, 0.5) is 0 Å². The van der Waals surface area contributed by atoms with Crippen molar-refractivity contribution in [1.82, 2.24) is 0 Å². The number of nitrogens with two attached hydrogens (primary N) is 2. The van der Waals surface area contributed by atoms with Crippen LogP contribution in [0.5, 0.6) is 0 Å². The van der Waals surface area contributed by atoms with Gasteiger partial charge >= 0.3 is 0 Å². The first-order chi connectivity index (χ1) is 7.92. The first kappa shape index (κ1) is 14.2. The minimum Gasteiger partial charge on any atom is -0.365 e. The summed E-state index contributed by atoms with van der Waals surface area (Å²) in [4.78, 5) is 0. The molecule has 1 rings (SSSR count). The molecule has 17 heavy (non-hydrogen) atoms. The first-order valence-corrected chi connectivity index (χ1v) is 6.22. The average molecular weight is 236 g/mol. The van der Waals surface area contributed by atoms with E-state index in [2.05, 4.69) is 19.4 Å². The van der Waals surface area contributed by atoms with Crippen molar-refractivity contribution in [2.24, 2.45) is 17.4 Å². The van der Waals surface area contributed by atoms with Crippen molar-refractivity contribution < 1.29 is 4.74 Å². The summed E-state index contributed by atoms with van der Waals surface area (Å²) in [5.74, 6) is 3.00. The van der Waals surface area contributed by atoms with Crippen LogP contribution in [0.15, 0.2) is 12.2 Å². The third kappa shape index (κ3) is 3.32. The van der Waals surface area contributed by atoms with Gasteiger partial charge in [-0.2, -0.15) is 0 Å². The first-order valence-electron chi connectivity index (χ1n) is 6.22. The Labute approximate surface area is 105 Å². The Morgan fingerprint density at radius 2 is 2.35 bits per heavy atom. The Kier molecular flexibility index (Phi) is 4.76. The molecule has 0 aromatic heterocycles. The smallest absolute Gasteiger partial charge is 0.0979 e. The lowest BCUT2D eigenvalue weighted by Crippen LogP contribution is -2.50. The molecule has 0 aliphatic carbocycles. The van der Waals surface area contributed by atoms with Crippen LogP contribution >= 0.6 is 0 Å². The van der Waals surface area contributed by atoms with Crippen molar-refractivity contribution in [1.29, 1.82) is 0 Å². The van der Waals surface area contributed by atoms with E-state index in [0.717, 1.165) is 19.3 Å². The molecule has 1 fully saturated rings. The van der Waals surface area contributed by atoms with Crippen molar-refractivity contribution in [3.8, 4) is 12.3 Å². The topological polar surface area (TPSA) is 61.3 Å². The highest BCUT2D eigenvalue weighted by Gasteiger charge is 2.38. The third-order valence-electron chi connectivity index (χ3n) is 3.69. The zero-order chi connectivity index (χ0) is 13.1. The van der Waals surface area contributed by atoms with Gasteiger partial charge in [0.1, 0.15) is 0 Å². The maximum atomic E-state index is 6.10. The lowest BCUT2D eigenvalue weighted by Gasteiger charge is -2.42. The molecule has 3 nitrogen and oxygen atoms in total. The molecule has 0 aromatic carbocycles.